The van der Waals surface area contributed by atoms with E-state index in [-0.39, 0.29) is 12.6 Å². The zero-order valence-corrected chi connectivity index (χ0v) is 10.7. The lowest BCUT2D eigenvalue weighted by Gasteiger charge is -2.32. The van der Waals surface area contributed by atoms with Crippen molar-refractivity contribution in [2.45, 2.75) is 17.9 Å². The predicted molar refractivity (Wildman–Crippen MR) is 62.6 cm³/mol. The minimum absolute atomic E-state index is 0.249. The first kappa shape index (κ1) is 13.4. The van der Waals surface area contributed by atoms with E-state index in [0.29, 0.717) is 13.1 Å². The van der Waals surface area contributed by atoms with Crippen LogP contribution in [0.4, 0.5) is 8.78 Å². The maximum absolute atomic E-state index is 13.6. The van der Waals surface area contributed by atoms with Crippen molar-refractivity contribution in [1.82, 2.24) is 9.62 Å². The number of nitrogens with one attached hydrogen (secondary N) is 1. The molecule has 2 rings (SSSR count). The first-order chi connectivity index (χ1) is 8.44. The molecule has 1 heterocycles. The van der Waals surface area contributed by atoms with Crippen LogP contribution in [0.5, 0.6) is 0 Å². The molecule has 0 aliphatic carbocycles. The van der Waals surface area contributed by atoms with E-state index in [2.05, 4.69) is 5.32 Å². The molecule has 0 radical (unpaired) electrons. The number of halogens is 2. The first-order valence-electron chi connectivity index (χ1n) is 5.61. The van der Waals surface area contributed by atoms with Gasteiger partial charge in [0.15, 0.2) is 11.6 Å². The Labute approximate surface area is 105 Å². The molecule has 18 heavy (non-hydrogen) atoms. The molecule has 1 aliphatic heterocycles. The van der Waals surface area contributed by atoms with Crippen LogP contribution in [0.2, 0.25) is 0 Å². The average molecular weight is 276 g/mol. The summed E-state index contributed by atoms with van der Waals surface area (Å²) < 4.78 is 52.4. The van der Waals surface area contributed by atoms with E-state index in [0.717, 1.165) is 12.1 Å². The van der Waals surface area contributed by atoms with E-state index >= 15 is 0 Å². The van der Waals surface area contributed by atoms with E-state index in [1.165, 1.54) is 10.4 Å². The fraction of sp³-hybridized carbons (Fsp3) is 0.455. The topological polar surface area (TPSA) is 49.4 Å². The first-order valence-corrected chi connectivity index (χ1v) is 7.05. The van der Waals surface area contributed by atoms with Crippen molar-refractivity contribution in [1.29, 1.82) is 0 Å². The monoisotopic (exact) mass is 276 g/mol. The smallest absolute Gasteiger partial charge is 0.246 e. The maximum Gasteiger partial charge on any atom is 0.246 e. The summed E-state index contributed by atoms with van der Waals surface area (Å²) in [5.74, 6) is -2.47. The Bertz CT molecular complexity index is 548. The highest BCUT2D eigenvalue weighted by molar-refractivity contribution is 7.89. The standard InChI is InChI=1S/C11H14F2N2O2S/c1-8-7-14-5-6-15(8)18(16,17)10-4-2-3-9(12)11(10)13/h2-4,8,14H,5-7H2,1H3/t8-/m1/s1. The van der Waals surface area contributed by atoms with Crippen LogP contribution in [-0.4, -0.2) is 38.4 Å². The van der Waals surface area contributed by atoms with Crippen LogP contribution in [0.15, 0.2) is 23.1 Å². The van der Waals surface area contributed by atoms with Gasteiger partial charge in [0.2, 0.25) is 10.0 Å². The summed E-state index contributed by atoms with van der Waals surface area (Å²) in [5.41, 5.74) is 0. The highest BCUT2D eigenvalue weighted by Gasteiger charge is 2.33. The van der Waals surface area contributed by atoms with Gasteiger partial charge in [0.25, 0.3) is 0 Å². The Morgan fingerprint density at radius 1 is 1.39 bits per heavy atom. The molecule has 1 aromatic carbocycles. The van der Waals surface area contributed by atoms with Crippen LogP contribution in [-0.2, 0) is 10.0 Å². The molecule has 0 spiro atoms. The highest BCUT2D eigenvalue weighted by Crippen LogP contribution is 2.23. The minimum Gasteiger partial charge on any atom is -0.314 e. The summed E-state index contributed by atoms with van der Waals surface area (Å²) in [4.78, 5) is -0.601. The maximum atomic E-state index is 13.6. The average Bonchev–Trinajstić information content (AvgIpc) is 2.32. The molecule has 1 N–H and O–H groups in total. The zero-order chi connectivity index (χ0) is 13.3. The lowest BCUT2D eigenvalue weighted by Crippen LogP contribution is -2.52. The minimum atomic E-state index is -3.99. The fourth-order valence-corrected chi connectivity index (χ4v) is 3.70. The van der Waals surface area contributed by atoms with Gasteiger partial charge in [-0.1, -0.05) is 6.07 Å². The van der Waals surface area contributed by atoms with Gasteiger partial charge in [-0.2, -0.15) is 4.31 Å². The second-order valence-corrected chi connectivity index (χ2v) is 6.08. The van der Waals surface area contributed by atoms with E-state index in [4.69, 9.17) is 0 Å². The molecule has 0 amide bonds. The molecule has 0 unspecified atom stereocenters. The molecule has 7 heteroatoms. The molecule has 4 nitrogen and oxygen atoms in total. The van der Waals surface area contributed by atoms with Gasteiger partial charge < -0.3 is 5.32 Å². The van der Waals surface area contributed by atoms with Crippen LogP contribution >= 0.6 is 0 Å². The molecule has 1 saturated heterocycles. The van der Waals surface area contributed by atoms with Crippen LogP contribution in [0.1, 0.15) is 6.92 Å². The molecule has 1 fully saturated rings. The quantitative estimate of drug-likeness (QED) is 0.875. The Balaban J connectivity index is 2.44. The number of hydrogen-bond donors (Lipinski definition) is 1. The Morgan fingerprint density at radius 2 is 2.11 bits per heavy atom. The van der Waals surface area contributed by atoms with Crippen LogP contribution in [0, 0.1) is 11.6 Å². The molecular formula is C11H14F2N2O2S. The van der Waals surface area contributed by atoms with Crippen molar-refractivity contribution in [3.05, 3.63) is 29.8 Å². The lowest BCUT2D eigenvalue weighted by atomic mass is 10.3. The summed E-state index contributed by atoms with van der Waals surface area (Å²) in [5, 5.41) is 3.04. The van der Waals surface area contributed by atoms with Gasteiger partial charge in [-0.15, -0.1) is 0 Å². The lowest BCUT2D eigenvalue weighted by molar-refractivity contribution is 0.282. The number of hydrogen-bond acceptors (Lipinski definition) is 3. The predicted octanol–water partition coefficient (Wildman–Crippen LogP) is 0.947. The van der Waals surface area contributed by atoms with Gasteiger partial charge in [-0.3, -0.25) is 0 Å². The molecule has 1 aromatic rings. The van der Waals surface area contributed by atoms with E-state index in [1.54, 1.807) is 6.92 Å². The van der Waals surface area contributed by atoms with Crippen molar-refractivity contribution in [2.24, 2.45) is 0 Å². The molecule has 1 atom stereocenters. The molecule has 100 valence electrons. The number of piperazine rings is 1. The van der Waals surface area contributed by atoms with Crippen LogP contribution < -0.4 is 5.32 Å². The molecular weight excluding hydrogens is 262 g/mol. The molecule has 1 aliphatic rings. The number of nitrogens with zero attached hydrogens (tertiary/aromatic N) is 1. The van der Waals surface area contributed by atoms with Crippen LogP contribution in [0.3, 0.4) is 0 Å². The van der Waals surface area contributed by atoms with Crippen molar-refractivity contribution >= 4 is 10.0 Å². The van der Waals surface area contributed by atoms with E-state index in [1.807, 2.05) is 0 Å². The summed E-state index contributed by atoms with van der Waals surface area (Å²) in [6, 6.07) is 2.89. The van der Waals surface area contributed by atoms with Crippen molar-refractivity contribution in [2.75, 3.05) is 19.6 Å². The van der Waals surface area contributed by atoms with Crippen molar-refractivity contribution in [3.63, 3.8) is 0 Å². The van der Waals surface area contributed by atoms with Gasteiger partial charge in [0.05, 0.1) is 0 Å². The van der Waals surface area contributed by atoms with E-state index < -0.39 is 26.6 Å². The van der Waals surface area contributed by atoms with E-state index in [9.17, 15) is 17.2 Å². The van der Waals surface area contributed by atoms with Crippen molar-refractivity contribution < 1.29 is 17.2 Å². The third-order valence-electron chi connectivity index (χ3n) is 2.94. The second-order valence-electron chi connectivity index (χ2n) is 4.22. The molecule has 0 saturated carbocycles. The second kappa shape index (κ2) is 4.91. The van der Waals surface area contributed by atoms with Gasteiger partial charge in [-0.05, 0) is 19.1 Å². The Morgan fingerprint density at radius 3 is 2.78 bits per heavy atom. The molecule has 0 aromatic heterocycles. The SMILES string of the molecule is C[C@@H]1CNCCN1S(=O)(=O)c1cccc(F)c1F. The Kier molecular flexibility index (Phi) is 3.65. The van der Waals surface area contributed by atoms with Crippen molar-refractivity contribution in [3.8, 4) is 0 Å². The number of sulfonamides is 1. The molecule has 0 bridgehead atoms. The number of rotatable bonds is 2. The summed E-state index contributed by atoms with van der Waals surface area (Å²) in [7, 11) is -3.99. The third kappa shape index (κ3) is 2.25. The summed E-state index contributed by atoms with van der Waals surface area (Å²) in [6.07, 6.45) is 0. The normalized spacial score (nSPS) is 22.1. The van der Waals surface area contributed by atoms with Gasteiger partial charge >= 0.3 is 0 Å². The highest BCUT2D eigenvalue weighted by atomic mass is 32.2. The largest absolute Gasteiger partial charge is 0.314 e. The third-order valence-corrected chi connectivity index (χ3v) is 4.97. The summed E-state index contributed by atoms with van der Waals surface area (Å²) in [6.45, 7) is 2.97. The summed E-state index contributed by atoms with van der Waals surface area (Å²) >= 11 is 0. The fourth-order valence-electron chi connectivity index (χ4n) is 1.99. The van der Waals surface area contributed by atoms with Gasteiger partial charge in [-0.25, -0.2) is 17.2 Å². The van der Waals surface area contributed by atoms with Gasteiger partial charge in [0.1, 0.15) is 4.90 Å². The van der Waals surface area contributed by atoms with Crippen LogP contribution in [0.25, 0.3) is 0 Å². The zero-order valence-electron chi connectivity index (χ0n) is 9.86. The number of benzene rings is 1. The Hall–Kier alpha value is -1.05. The van der Waals surface area contributed by atoms with Gasteiger partial charge in [0, 0.05) is 25.7 Å².